The van der Waals surface area contributed by atoms with Crippen molar-refractivity contribution in [1.29, 1.82) is 0 Å². The Kier molecular flexibility index (Phi) is 3.76. The molecule has 0 spiro atoms. The number of fused-ring (bicyclic) bond motifs is 1. The number of imidazole rings is 1. The number of benzene rings is 2. The summed E-state index contributed by atoms with van der Waals surface area (Å²) in [6.07, 6.45) is 0. The van der Waals surface area contributed by atoms with Gasteiger partial charge >= 0.3 is 5.69 Å². The first-order valence-corrected chi connectivity index (χ1v) is 8.32. The van der Waals surface area contributed by atoms with Crippen molar-refractivity contribution in [3.63, 3.8) is 0 Å². The summed E-state index contributed by atoms with van der Waals surface area (Å²) in [4.78, 5) is 12.7. The lowest BCUT2D eigenvalue weighted by Gasteiger charge is -2.05. The van der Waals surface area contributed by atoms with Gasteiger partial charge in [-0.3, -0.25) is 9.13 Å². The maximum Gasteiger partial charge on any atom is 0.329 e. The Labute approximate surface area is 149 Å². The predicted molar refractivity (Wildman–Crippen MR) is 97.7 cm³/mol. The molecule has 0 atom stereocenters. The minimum absolute atomic E-state index is 0.111. The molecule has 6 heteroatoms. The summed E-state index contributed by atoms with van der Waals surface area (Å²) in [6, 6.07) is 12.1. The van der Waals surface area contributed by atoms with Crippen LogP contribution in [0.15, 0.2) is 51.8 Å². The number of aryl methyl sites for hydroxylation is 3. The van der Waals surface area contributed by atoms with Gasteiger partial charge in [0.2, 0.25) is 0 Å². The number of hydrogen-bond acceptors (Lipinski definition) is 3. The molecule has 0 aliphatic carbocycles. The molecule has 26 heavy (non-hydrogen) atoms. The Morgan fingerprint density at radius 2 is 1.81 bits per heavy atom. The van der Waals surface area contributed by atoms with Gasteiger partial charge < -0.3 is 4.52 Å². The summed E-state index contributed by atoms with van der Waals surface area (Å²) in [5.41, 5.74) is 5.15. The van der Waals surface area contributed by atoms with Crippen LogP contribution in [0.5, 0.6) is 0 Å². The molecule has 0 fully saturated rings. The van der Waals surface area contributed by atoms with Crippen LogP contribution in [-0.2, 0) is 13.6 Å². The third kappa shape index (κ3) is 2.54. The molecular weight excluding hydrogens is 333 g/mol. The van der Waals surface area contributed by atoms with Crippen LogP contribution in [0.3, 0.4) is 0 Å². The number of hydrogen-bond donors (Lipinski definition) is 0. The average Bonchev–Trinajstić information content (AvgIpc) is 3.08. The zero-order chi connectivity index (χ0) is 18.4. The molecule has 0 saturated heterocycles. The highest BCUT2D eigenvalue weighted by atomic mass is 19.1. The molecule has 5 nitrogen and oxygen atoms in total. The summed E-state index contributed by atoms with van der Waals surface area (Å²) in [5, 5.41) is 4.00. The lowest BCUT2D eigenvalue weighted by molar-refractivity contribution is 0.393. The van der Waals surface area contributed by atoms with E-state index in [1.165, 1.54) is 12.1 Å². The first-order valence-electron chi connectivity index (χ1n) is 8.32. The molecule has 4 aromatic rings. The number of rotatable bonds is 3. The highest BCUT2D eigenvalue weighted by Gasteiger charge is 2.16. The second-order valence-corrected chi connectivity index (χ2v) is 6.46. The van der Waals surface area contributed by atoms with Gasteiger partial charge in [-0.15, -0.1) is 0 Å². The first kappa shape index (κ1) is 16.3. The van der Waals surface area contributed by atoms with E-state index < -0.39 is 0 Å². The standard InChI is InChI=1S/C20H18FN3O2/c1-12-19(13(2)26-22-12)15-6-9-17-18(10-15)23(3)20(25)24(17)11-14-4-7-16(21)8-5-14/h4-10H,11H2,1-3H3. The van der Waals surface area contributed by atoms with Crippen molar-refractivity contribution >= 4 is 11.0 Å². The van der Waals surface area contributed by atoms with E-state index >= 15 is 0 Å². The van der Waals surface area contributed by atoms with E-state index in [1.807, 2.05) is 32.0 Å². The van der Waals surface area contributed by atoms with Crippen molar-refractivity contribution in [3.05, 3.63) is 75.8 Å². The van der Waals surface area contributed by atoms with E-state index in [-0.39, 0.29) is 11.5 Å². The van der Waals surface area contributed by atoms with Crippen molar-refractivity contribution in [1.82, 2.24) is 14.3 Å². The Balaban J connectivity index is 1.85. The lowest BCUT2D eigenvalue weighted by atomic mass is 10.0. The fourth-order valence-corrected chi connectivity index (χ4v) is 3.38. The van der Waals surface area contributed by atoms with E-state index in [1.54, 1.807) is 28.3 Å². The Morgan fingerprint density at radius 3 is 2.46 bits per heavy atom. The summed E-state index contributed by atoms with van der Waals surface area (Å²) in [5.74, 6) is 0.459. The monoisotopic (exact) mass is 351 g/mol. The van der Waals surface area contributed by atoms with Gasteiger partial charge in [0.1, 0.15) is 11.6 Å². The maximum atomic E-state index is 13.1. The van der Waals surface area contributed by atoms with Crippen LogP contribution >= 0.6 is 0 Å². The minimum atomic E-state index is -0.289. The molecule has 0 bridgehead atoms. The molecule has 2 aromatic carbocycles. The van der Waals surface area contributed by atoms with Gasteiger partial charge in [0.25, 0.3) is 0 Å². The van der Waals surface area contributed by atoms with Gasteiger partial charge in [-0.2, -0.15) is 0 Å². The molecular formula is C20H18FN3O2. The molecule has 2 heterocycles. The van der Waals surface area contributed by atoms with E-state index in [0.717, 1.165) is 39.2 Å². The van der Waals surface area contributed by atoms with Crippen LogP contribution in [0.1, 0.15) is 17.0 Å². The van der Waals surface area contributed by atoms with Gasteiger partial charge in [0.05, 0.1) is 23.3 Å². The average molecular weight is 351 g/mol. The highest BCUT2D eigenvalue weighted by Crippen LogP contribution is 2.29. The topological polar surface area (TPSA) is 53.0 Å². The van der Waals surface area contributed by atoms with E-state index in [2.05, 4.69) is 5.16 Å². The second-order valence-electron chi connectivity index (χ2n) is 6.46. The summed E-state index contributed by atoms with van der Waals surface area (Å²) in [7, 11) is 1.75. The number of aromatic nitrogens is 3. The van der Waals surface area contributed by atoms with Crippen molar-refractivity contribution in [2.45, 2.75) is 20.4 Å². The maximum absolute atomic E-state index is 13.1. The Morgan fingerprint density at radius 1 is 1.08 bits per heavy atom. The normalized spacial score (nSPS) is 11.4. The molecule has 2 aromatic heterocycles. The second kappa shape index (κ2) is 5.98. The van der Waals surface area contributed by atoms with Crippen LogP contribution in [-0.4, -0.2) is 14.3 Å². The van der Waals surface area contributed by atoms with Crippen LogP contribution in [0, 0.1) is 19.7 Å². The first-order chi connectivity index (χ1) is 12.5. The van der Waals surface area contributed by atoms with Crippen LogP contribution in [0.25, 0.3) is 22.2 Å². The molecule has 0 amide bonds. The molecule has 4 rings (SSSR count). The van der Waals surface area contributed by atoms with Crippen molar-refractivity contribution in [2.24, 2.45) is 7.05 Å². The predicted octanol–water partition coefficient (Wildman–Crippen LogP) is 3.80. The largest absolute Gasteiger partial charge is 0.361 e. The van der Waals surface area contributed by atoms with Crippen LogP contribution in [0.4, 0.5) is 4.39 Å². The summed E-state index contributed by atoms with van der Waals surface area (Å²) < 4.78 is 21.7. The van der Waals surface area contributed by atoms with Crippen molar-refractivity contribution in [2.75, 3.05) is 0 Å². The Bertz CT molecular complexity index is 1150. The molecule has 0 aliphatic heterocycles. The van der Waals surface area contributed by atoms with E-state index in [4.69, 9.17) is 4.52 Å². The van der Waals surface area contributed by atoms with Gasteiger partial charge in [-0.25, -0.2) is 9.18 Å². The smallest absolute Gasteiger partial charge is 0.329 e. The third-order valence-electron chi connectivity index (χ3n) is 4.72. The van der Waals surface area contributed by atoms with Crippen molar-refractivity contribution < 1.29 is 8.91 Å². The highest BCUT2D eigenvalue weighted by molar-refractivity contribution is 5.83. The van der Waals surface area contributed by atoms with Crippen LogP contribution < -0.4 is 5.69 Å². The quantitative estimate of drug-likeness (QED) is 0.564. The molecule has 132 valence electrons. The number of halogens is 1. The fourth-order valence-electron chi connectivity index (χ4n) is 3.38. The molecule has 0 saturated carbocycles. The van der Waals surface area contributed by atoms with E-state index in [9.17, 15) is 9.18 Å². The minimum Gasteiger partial charge on any atom is -0.361 e. The molecule has 0 radical (unpaired) electrons. The van der Waals surface area contributed by atoms with Gasteiger partial charge in [-0.05, 0) is 49.2 Å². The van der Waals surface area contributed by atoms with Gasteiger partial charge in [0.15, 0.2) is 0 Å². The molecule has 0 aliphatic rings. The summed E-state index contributed by atoms with van der Waals surface area (Å²) >= 11 is 0. The molecule has 0 unspecified atom stereocenters. The molecule has 0 N–H and O–H groups in total. The van der Waals surface area contributed by atoms with Crippen molar-refractivity contribution in [3.8, 4) is 11.1 Å². The fraction of sp³-hybridized carbons (Fsp3) is 0.200. The van der Waals surface area contributed by atoms with Crippen LogP contribution in [0.2, 0.25) is 0 Å². The number of nitrogens with zero attached hydrogens (tertiary/aromatic N) is 3. The third-order valence-corrected chi connectivity index (χ3v) is 4.72. The van der Waals surface area contributed by atoms with Gasteiger partial charge in [0, 0.05) is 12.6 Å². The lowest BCUT2D eigenvalue weighted by Crippen LogP contribution is -2.22. The summed E-state index contributed by atoms with van der Waals surface area (Å²) in [6.45, 7) is 4.16. The SMILES string of the molecule is Cc1noc(C)c1-c1ccc2c(c1)n(C)c(=O)n2Cc1ccc(F)cc1. The van der Waals surface area contributed by atoms with E-state index in [0.29, 0.717) is 6.54 Å². The zero-order valence-corrected chi connectivity index (χ0v) is 14.8. The zero-order valence-electron chi connectivity index (χ0n) is 14.8. The Hall–Kier alpha value is -3.15. The van der Waals surface area contributed by atoms with Gasteiger partial charge in [-0.1, -0.05) is 23.4 Å².